The molecule has 0 spiro atoms. The van der Waals surface area contributed by atoms with Crippen LogP contribution in [0.5, 0.6) is 0 Å². The fourth-order valence-electron chi connectivity index (χ4n) is 2.82. The standard InChI is InChI=1S/C20H17N3/c1-15-7-9-17(10-8-15)20-22-18-11-12-21-13-19(18)23(20)14-16-5-3-2-4-6-16/h2-13H,14H2,1H3. The van der Waals surface area contributed by atoms with Gasteiger partial charge < -0.3 is 4.57 Å². The smallest absolute Gasteiger partial charge is 0.141 e. The topological polar surface area (TPSA) is 30.7 Å². The number of benzene rings is 2. The minimum atomic E-state index is 0.784. The number of nitrogens with zero attached hydrogens (tertiary/aromatic N) is 3. The highest BCUT2D eigenvalue weighted by Crippen LogP contribution is 2.25. The first kappa shape index (κ1) is 13.7. The second-order valence-electron chi connectivity index (χ2n) is 5.74. The molecule has 4 aromatic rings. The van der Waals surface area contributed by atoms with Crippen molar-refractivity contribution in [3.63, 3.8) is 0 Å². The van der Waals surface area contributed by atoms with Gasteiger partial charge in [-0.05, 0) is 18.6 Å². The Hall–Kier alpha value is -2.94. The van der Waals surface area contributed by atoms with Crippen molar-refractivity contribution < 1.29 is 0 Å². The molecule has 0 N–H and O–H groups in total. The normalized spacial score (nSPS) is 11.0. The Bertz CT molecular complexity index is 938. The van der Waals surface area contributed by atoms with Gasteiger partial charge in [0.1, 0.15) is 5.82 Å². The average Bonchev–Trinajstić information content (AvgIpc) is 2.95. The van der Waals surface area contributed by atoms with E-state index in [1.54, 1.807) is 6.20 Å². The Morgan fingerprint density at radius 1 is 0.913 bits per heavy atom. The summed E-state index contributed by atoms with van der Waals surface area (Å²) in [5.74, 6) is 0.983. The van der Waals surface area contributed by atoms with Crippen molar-refractivity contribution in [3.05, 3.63) is 84.2 Å². The summed E-state index contributed by atoms with van der Waals surface area (Å²) in [7, 11) is 0. The lowest BCUT2D eigenvalue weighted by Crippen LogP contribution is -2.02. The van der Waals surface area contributed by atoms with Crippen LogP contribution in [0.3, 0.4) is 0 Å². The van der Waals surface area contributed by atoms with Crippen LogP contribution >= 0.6 is 0 Å². The fourth-order valence-corrected chi connectivity index (χ4v) is 2.82. The van der Waals surface area contributed by atoms with Crippen LogP contribution in [0, 0.1) is 6.92 Å². The minimum absolute atomic E-state index is 0.784. The van der Waals surface area contributed by atoms with Crippen molar-refractivity contribution in [2.24, 2.45) is 0 Å². The maximum Gasteiger partial charge on any atom is 0.141 e. The fraction of sp³-hybridized carbons (Fsp3) is 0.100. The number of aryl methyl sites for hydroxylation is 1. The van der Waals surface area contributed by atoms with Gasteiger partial charge in [-0.2, -0.15) is 0 Å². The van der Waals surface area contributed by atoms with Crippen LogP contribution in [0.4, 0.5) is 0 Å². The predicted octanol–water partition coefficient (Wildman–Crippen LogP) is 4.46. The molecule has 0 amide bonds. The second-order valence-corrected chi connectivity index (χ2v) is 5.74. The van der Waals surface area contributed by atoms with Gasteiger partial charge in [0.15, 0.2) is 0 Å². The number of hydrogen-bond acceptors (Lipinski definition) is 2. The average molecular weight is 299 g/mol. The molecule has 2 aromatic carbocycles. The van der Waals surface area contributed by atoms with Gasteiger partial charge in [0.05, 0.1) is 17.2 Å². The maximum absolute atomic E-state index is 4.83. The Labute approximate surface area is 135 Å². The summed E-state index contributed by atoms with van der Waals surface area (Å²) in [5.41, 5.74) is 5.67. The van der Waals surface area contributed by atoms with Crippen LogP contribution in [0.15, 0.2) is 73.1 Å². The van der Waals surface area contributed by atoms with Gasteiger partial charge in [0.2, 0.25) is 0 Å². The molecule has 0 radical (unpaired) electrons. The van der Waals surface area contributed by atoms with Crippen molar-refractivity contribution >= 4 is 11.0 Å². The van der Waals surface area contributed by atoms with E-state index in [-0.39, 0.29) is 0 Å². The molecule has 2 aromatic heterocycles. The molecule has 0 aliphatic rings. The highest BCUT2D eigenvalue weighted by atomic mass is 15.1. The largest absolute Gasteiger partial charge is 0.318 e. The van der Waals surface area contributed by atoms with E-state index in [1.165, 1.54) is 11.1 Å². The molecule has 0 atom stereocenters. The zero-order valence-electron chi connectivity index (χ0n) is 13.0. The molecule has 0 aliphatic carbocycles. The summed E-state index contributed by atoms with van der Waals surface area (Å²) < 4.78 is 2.24. The Kier molecular flexibility index (Phi) is 3.39. The van der Waals surface area contributed by atoms with E-state index < -0.39 is 0 Å². The summed E-state index contributed by atoms with van der Waals surface area (Å²) in [4.78, 5) is 9.11. The highest BCUT2D eigenvalue weighted by Gasteiger charge is 2.12. The van der Waals surface area contributed by atoms with Crippen molar-refractivity contribution in [2.75, 3.05) is 0 Å². The van der Waals surface area contributed by atoms with Crippen LogP contribution in [0.1, 0.15) is 11.1 Å². The molecule has 0 saturated heterocycles. The van der Waals surface area contributed by atoms with E-state index in [2.05, 4.69) is 65.0 Å². The first-order valence-corrected chi connectivity index (χ1v) is 7.72. The summed E-state index contributed by atoms with van der Waals surface area (Å²) >= 11 is 0. The number of pyridine rings is 1. The molecule has 112 valence electrons. The monoisotopic (exact) mass is 299 g/mol. The van der Waals surface area contributed by atoms with Gasteiger partial charge in [-0.15, -0.1) is 0 Å². The molecule has 0 saturated carbocycles. The lowest BCUT2D eigenvalue weighted by molar-refractivity contribution is 0.833. The molecule has 2 heterocycles. The third-order valence-electron chi connectivity index (χ3n) is 4.04. The number of imidazole rings is 1. The molecule has 23 heavy (non-hydrogen) atoms. The van der Waals surface area contributed by atoms with Crippen molar-refractivity contribution in [1.29, 1.82) is 0 Å². The van der Waals surface area contributed by atoms with Gasteiger partial charge in [-0.3, -0.25) is 4.98 Å². The Morgan fingerprint density at radius 2 is 1.70 bits per heavy atom. The third-order valence-corrected chi connectivity index (χ3v) is 4.04. The van der Waals surface area contributed by atoms with E-state index in [9.17, 15) is 0 Å². The Balaban J connectivity index is 1.89. The molecule has 0 bridgehead atoms. The van der Waals surface area contributed by atoms with E-state index in [4.69, 9.17) is 4.98 Å². The number of fused-ring (bicyclic) bond motifs is 1. The quantitative estimate of drug-likeness (QED) is 0.559. The van der Waals surface area contributed by atoms with Crippen LogP contribution in [0.25, 0.3) is 22.4 Å². The summed E-state index contributed by atoms with van der Waals surface area (Å²) in [6, 6.07) is 20.9. The van der Waals surface area contributed by atoms with Gasteiger partial charge >= 0.3 is 0 Å². The molecule has 3 heteroatoms. The molecular formula is C20H17N3. The van der Waals surface area contributed by atoms with Crippen LogP contribution < -0.4 is 0 Å². The first-order chi connectivity index (χ1) is 11.3. The maximum atomic E-state index is 4.83. The second kappa shape index (κ2) is 5.69. The van der Waals surface area contributed by atoms with Gasteiger partial charge in [0.25, 0.3) is 0 Å². The first-order valence-electron chi connectivity index (χ1n) is 7.72. The predicted molar refractivity (Wildman–Crippen MR) is 93.2 cm³/mol. The number of hydrogen-bond donors (Lipinski definition) is 0. The molecule has 4 rings (SSSR count). The lowest BCUT2D eigenvalue weighted by atomic mass is 10.1. The van der Waals surface area contributed by atoms with Crippen molar-refractivity contribution in [3.8, 4) is 11.4 Å². The van der Waals surface area contributed by atoms with Crippen molar-refractivity contribution in [2.45, 2.75) is 13.5 Å². The molecule has 0 fully saturated rings. The highest BCUT2D eigenvalue weighted by molar-refractivity contribution is 5.79. The van der Waals surface area contributed by atoms with E-state index in [1.807, 2.05) is 18.3 Å². The minimum Gasteiger partial charge on any atom is -0.318 e. The SMILES string of the molecule is Cc1ccc(-c2nc3ccncc3n2Cc2ccccc2)cc1. The van der Waals surface area contributed by atoms with Crippen LogP contribution in [-0.4, -0.2) is 14.5 Å². The zero-order valence-corrected chi connectivity index (χ0v) is 13.0. The zero-order chi connectivity index (χ0) is 15.6. The Morgan fingerprint density at radius 3 is 2.48 bits per heavy atom. The van der Waals surface area contributed by atoms with E-state index >= 15 is 0 Å². The summed E-state index contributed by atoms with van der Waals surface area (Å²) in [6.07, 6.45) is 3.68. The van der Waals surface area contributed by atoms with Crippen LogP contribution in [0.2, 0.25) is 0 Å². The van der Waals surface area contributed by atoms with Crippen LogP contribution in [-0.2, 0) is 6.54 Å². The van der Waals surface area contributed by atoms with E-state index in [0.717, 1.165) is 29.0 Å². The summed E-state index contributed by atoms with van der Waals surface area (Å²) in [5, 5.41) is 0. The molecule has 3 nitrogen and oxygen atoms in total. The van der Waals surface area contributed by atoms with Gasteiger partial charge in [-0.25, -0.2) is 4.98 Å². The molecule has 0 aliphatic heterocycles. The van der Waals surface area contributed by atoms with Gasteiger partial charge in [-0.1, -0.05) is 60.2 Å². The van der Waals surface area contributed by atoms with Crippen molar-refractivity contribution in [1.82, 2.24) is 14.5 Å². The summed E-state index contributed by atoms with van der Waals surface area (Å²) in [6.45, 7) is 2.88. The number of rotatable bonds is 3. The van der Waals surface area contributed by atoms with E-state index in [0.29, 0.717) is 0 Å². The molecular weight excluding hydrogens is 282 g/mol. The number of aromatic nitrogens is 3. The van der Waals surface area contributed by atoms with Gasteiger partial charge in [0, 0.05) is 18.3 Å². The lowest BCUT2D eigenvalue weighted by Gasteiger charge is -2.09. The molecule has 0 unspecified atom stereocenters. The third kappa shape index (κ3) is 2.61.